The van der Waals surface area contributed by atoms with Crippen molar-refractivity contribution >= 4 is 39.9 Å². The van der Waals surface area contributed by atoms with Crippen LogP contribution in [-0.4, -0.2) is 22.3 Å². The van der Waals surface area contributed by atoms with E-state index in [0.29, 0.717) is 0 Å². The van der Waals surface area contributed by atoms with Crippen molar-refractivity contribution in [2.24, 2.45) is 0 Å². The molecule has 0 radical (unpaired) electrons. The average Bonchev–Trinajstić information content (AvgIpc) is 2.38. The van der Waals surface area contributed by atoms with Crippen LogP contribution < -0.4 is 0 Å². The summed E-state index contributed by atoms with van der Waals surface area (Å²) in [7, 11) is 0. The second-order valence-electron chi connectivity index (χ2n) is 4.19. The van der Waals surface area contributed by atoms with E-state index in [-0.39, 0.29) is 0 Å². The summed E-state index contributed by atoms with van der Waals surface area (Å²) in [6, 6.07) is 7.97. The topological polar surface area (TPSA) is 3.24 Å². The minimum Gasteiger partial charge on any atom is -0.358 e. The van der Waals surface area contributed by atoms with Crippen molar-refractivity contribution in [1.82, 2.24) is 4.90 Å². The van der Waals surface area contributed by atoms with Gasteiger partial charge in [0.05, 0.1) is 0 Å². The highest BCUT2D eigenvalue weighted by Gasteiger charge is 2.13. The van der Waals surface area contributed by atoms with Gasteiger partial charge in [0.15, 0.2) is 0 Å². The quantitative estimate of drug-likeness (QED) is 0.744. The molecular formula is C13H16ClNS2. The first-order valence-corrected chi connectivity index (χ1v) is 7.69. The number of thiocarbonyl (C=S) groups is 1. The molecule has 0 amide bonds. The van der Waals surface area contributed by atoms with Gasteiger partial charge in [0.25, 0.3) is 0 Å². The Kier molecular flexibility index (Phi) is 5.14. The lowest BCUT2D eigenvalue weighted by molar-refractivity contribution is 0.352. The normalized spacial score (nSPS) is 15.9. The lowest BCUT2D eigenvalue weighted by atomic mass is 10.1. The number of halogens is 1. The van der Waals surface area contributed by atoms with Crippen molar-refractivity contribution < 1.29 is 0 Å². The van der Waals surface area contributed by atoms with Gasteiger partial charge < -0.3 is 4.90 Å². The van der Waals surface area contributed by atoms with Crippen LogP contribution in [0.25, 0.3) is 0 Å². The second-order valence-corrected chi connectivity index (χ2v) is 6.21. The first-order valence-electron chi connectivity index (χ1n) is 5.92. The fourth-order valence-electron chi connectivity index (χ4n) is 1.92. The van der Waals surface area contributed by atoms with Crippen molar-refractivity contribution in [3.05, 3.63) is 34.9 Å². The van der Waals surface area contributed by atoms with E-state index in [1.54, 1.807) is 11.8 Å². The number of hydrogen-bond acceptors (Lipinski definition) is 2. The zero-order valence-electron chi connectivity index (χ0n) is 9.69. The van der Waals surface area contributed by atoms with E-state index < -0.39 is 0 Å². The molecule has 1 aromatic rings. The van der Waals surface area contributed by atoms with Gasteiger partial charge in [-0.15, -0.1) is 0 Å². The number of piperidine rings is 1. The van der Waals surface area contributed by atoms with E-state index in [9.17, 15) is 0 Å². The molecule has 0 aliphatic carbocycles. The maximum absolute atomic E-state index is 6.12. The molecule has 0 N–H and O–H groups in total. The fraction of sp³-hybridized carbons (Fsp3) is 0.462. The van der Waals surface area contributed by atoms with Crippen molar-refractivity contribution in [1.29, 1.82) is 0 Å². The summed E-state index contributed by atoms with van der Waals surface area (Å²) in [4.78, 5) is 2.32. The van der Waals surface area contributed by atoms with Gasteiger partial charge in [0.2, 0.25) is 0 Å². The number of nitrogens with zero attached hydrogens (tertiary/aromatic N) is 1. The van der Waals surface area contributed by atoms with Crippen LogP contribution in [0.4, 0.5) is 0 Å². The largest absolute Gasteiger partial charge is 0.358 e. The van der Waals surface area contributed by atoms with Crippen molar-refractivity contribution in [3.63, 3.8) is 0 Å². The molecule has 1 aliphatic rings. The van der Waals surface area contributed by atoms with Crippen LogP contribution in [0.1, 0.15) is 24.8 Å². The van der Waals surface area contributed by atoms with E-state index in [0.717, 1.165) is 28.2 Å². The molecule has 1 heterocycles. The predicted molar refractivity (Wildman–Crippen MR) is 80.8 cm³/mol. The number of benzene rings is 1. The predicted octanol–water partition coefficient (Wildman–Crippen LogP) is 4.34. The van der Waals surface area contributed by atoms with Crippen LogP contribution in [0, 0.1) is 0 Å². The zero-order chi connectivity index (χ0) is 12.1. The molecule has 0 bridgehead atoms. The number of hydrogen-bond donors (Lipinski definition) is 0. The summed E-state index contributed by atoms with van der Waals surface area (Å²) in [5, 5.41) is 0.835. The van der Waals surface area contributed by atoms with E-state index in [1.165, 1.54) is 24.8 Å². The van der Waals surface area contributed by atoms with Gasteiger partial charge in [0, 0.05) is 23.9 Å². The van der Waals surface area contributed by atoms with Gasteiger partial charge in [0.1, 0.15) is 4.32 Å². The molecule has 2 rings (SSSR count). The Labute approximate surface area is 118 Å². The average molecular weight is 286 g/mol. The highest BCUT2D eigenvalue weighted by atomic mass is 35.5. The summed E-state index contributed by atoms with van der Waals surface area (Å²) in [6.07, 6.45) is 3.88. The Hall–Kier alpha value is -0.250. The van der Waals surface area contributed by atoms with Crippen LogP contribution >= 0.6 is 35.6 Å². The highest BCUT2D eigenvalue weighted by Crippen LogP contribution is 2.24. The molecule has 17 heavy (non-hydrogen) atoms. The Morgan fingerprint density at radius 1 is 1.24 bits per heavy atom. The fourth-order valence-corrected chi connectivity index (χ4v) is 3.46. The van der Waals surface area contributed by atoms with E-state index in [4.69, 9.17) is 23.8 Å². The Morgan fingerprint density at radius 2 is 1.94 bits per heavy atom. The van der Waals surface area contributed by atoms with Crippen LogP contribution in [0.5, 0.6) is 0 Å². The van der Waals surface area contributed by atoms with Crippen LogP contribution in [0.15, 0.2) is 24.3 Å². The molecule has 92 valence electrons. The highest BCUT2D eigenvalue weighted by molar-refractivity contribution is 8.22. The Morgan fingerprint density at radius 3 is 2.65 bits per heavy atom. The summed E-state index contributed by atoms with van der Waals surface area (Å²) < 4.78 is 1.02. The lowest BCUT2D eigenvalue weighted by Gasteiger charge is -2.28. The molecule has 0 saturated carbocycles. The standard InChI is InChI=1S/C13H16ClNS2/c14-12-7-3-2-6-11(12)10-17-13(16)15-8-4-1-5-9-15/h2-3,6-7H,1,4-5,8-10H2. The summed E-state index contributed by atoms with van der Waals surface area (Å²) in [5.74, 6) is 0.870. The first kappa shape index (κ1) is 13.2. The number of thioether (sulfide) groups is 1. The molecule has 0 aromatic heterocycles. The van der Waals surface area contributed by atoms with Crippen LogP contribution in [-0.2, 0) is 5.75 Å². The second kappa shape index (κ2) is 6.62. The third kappa shape index (κ3) is 3.87. The minimum absolute atomic E-state index is 0.835. The maximum Gasteiger partial charge on any atom is 0.136 e. The molecule has 1 nitrogen and oxygen atoms in total. The molecular weight excluding hydrogens is 270 g/mol. The minimum atomic E-state index is 0.835. The van der Waals surface area contributed by atoms with Crippen LogP contribution in [0.3, 0.4) is 0 Å². The molecule has 0 atom stereocenters. The SMILES string of the molecule is S=C(SCc1ccccc1Cl)N1CCCCC1. The van der Waals surface area contributed by atoms with E-state index in [2.05, 4.69) is 11.0 Å². The van der Waals surface area contributed by atoms with Gasteiger partial charge in [-0.2, -0.15) is 0 Å². The van der Waals surface area contributed by atoms with Gasteiger partial charge in [-0.25, -0.2) is 0 Å². The molecule has 1 fully saturated rings. The van der Waals surface area contributed by atoms with Crippen molar-refractivity contribution in [2.75, 3.05) is 13.1 Å². The van der Waals surface area contributed by atoms with Gasteiger partial charge >= 0.3 is 0 Å². The number of rotatable bonds is 2. The first-order chi connectivity index (χ1) is 8.27. The summed E-state index contributed by atoms with van der Waals surface area (Å²) in [5.41, 5.74) is 1.17. The smallest absolute Gasteiger partial charge is 0.136 e. The third-order valence-electron chi connectivity index (χ3n) is 2.92. The third-order valence-corrected chi connectivity index (χ3v) is 4.86. The molecule has 0 unspecified atom stereocenters. The Balaban J connectivity index is 1.85. The lowest BCUT2D eigenvalue weighted by Crippen LogP contribution is -2.32. The van der Waals surface area contributed by atoms with E-state index >= 15 is 0 Å². The van der Waals surface area contributed by atoms with Gasteiger partial charge in [-0.1, -0.05) is 53.8 Å². The molecule has 1 saturated heterocycles. The van der Waals surface area contributed by atoms with Crippen molar-refractivity contribution in [2.45, 2.75) is 25.0 Å². The molecule has 0 spiro atoms. The van der Waals surface area contributed by atoms with Crippen LogP contribution in [0.2, 0.25) is 5.02 Å². The number of likely N-dealkylation sites (tertiary alicyclic amines) is 1. The monoisotopic (exact) mass is 285 g/mol. The molecule has 1 aromatic carbocycles. The van der Waals surface area contributed by atoms with Gasteiger partial charge in [-0.3, -0.25) is 0 Å². The maximum atomic E-state index is 6.12. The van der Waals surface area contributed by atoms with Gasteiger partial charge in [-0.05, 0) is 30.9 Å². The summed E-state index contributed by atoms with van der Waals surface area (Å²) >= 11 is 13.3. The Bertz CT molecular complexity index is 389. The molecule has 4 heteroatoms. The van der Waals surface area contributed by atoms with E-state index in [1.807, 2.05) is 18.2 Å². The summed E-state index contributed by atoms with van der Waals surface area (Å²) in [6.45, 7) is 2.24. The van der Waals surface area contributed by atoms with Crippen molar-refractivity contribution in [3.8, 4) is 0 Å². The molecule has 1 aliphatic heterocycles. The zero-order valence-corrected chi connectivity index (χ0v) is 12.1.